The molecule has 0 unspecified atom stereocenters. The molecule has 2 aromatic rings. The van der Waals surface area contributed by atoms with E-state index in [0.717, 1.165) is 81.3 Å². The van der Waals surface area contributed by atoms with Crippen LogP contribution in [0, 0.1) is 17.8 Å². The first-order valence-corrected chi connectivity index (χ1v) is 12.6. The number of rotatable bonds is 9. The van der Waals surface area contributed by atoms with E-state index >= 15 is 0 Å². The molecule has 0 aromatic carbocycles. The number of hydrogen-bond donors (Lipinski definition) is 0. The molecule has 0 spiro atoms. The van der Waals surface area contributed by atoms with Crippen LogP contribution in [0.1, 0.15) is 50.2 Å². The predicted molar refractivity (Wildman–Crippen MR) is 127 cm³/mol. The maximum atomic E-state index is 12.1. The van der Waals surface area contributed by atoms with Crippen LogP contribution in [0.3, 0.4) is 0 Å². The lowest BCUT2D eigenvalue weighted by molar-refractivity contribution is -0.133. The van der Waals surface area contributed by atoms with Gasteiger partial charge in [-0.25, -0.2) is 15.0 Å². The first kappa shape index (κ1) is 22.1. The monoisotopic (exact) mass is 449 g/mol. The van der Waals surface area contributed by atoms with Crippen LogP contribution in [0.2, 0.25) is 0 Å². The zero-order chi connectivity index (χ0) is 22.6. The molecular weight excluding hydrogens is 414 g/mol. The Morgan fingerprint density at radius 3 is 2.42 bits per heavy atom. The van der Waals surface area contributed by atoms with Gasteiger partial charge in [-0.05, 0) is 67.4 Å². The fraction of sp³-hybridized carbons (Fsp3) is 0.615. The molecule has 0 N–H and O–H groups in total. The largest absolute Gasteiger partial charge is 0.478 e. The SMILES string of the molecule is CCc1cnc(N2CCC([C@H]3C[C@@H]3CCOc3ccc(CC(=O)N4CCC4)cn3)CC2)nc1. The zero-order valence-electron chi connectivity index (χ0n) is 19.7. The van der Waals surface area contributed by atoms with Gasteiger partial charge in [0.25, 0.3) is 0 Å². The van der Waals surface area contributed by atoms with Gasteiger partial charge in [-0.2, -0.15) is 0 Å². The molecule has 2 aromatic heterocycles. The van der Waals surface area contributed by atoms with Gasteiger partial charge in [0.15, 0.2) is 0 Å². The van der Waals surface area contributed by atoms with Gasteiger partial charge in [0.05, 0.1) is 13.0 Å². The van der Waals surface area contributed by atoms with Gasteiger partial charge in [0.1, 0.15) is 0 Å². The van der Waals surface area contributed by atoms with E-state index < -0.39 is 0 Å². The van der Waals surface area contributed by atoms with E-state index in [4.69, 9.17) is 4.74 Å². The van der Waals surface area contributed by atoms with Gasteiger partial charge >= 0.3 is 0 Å². The minimum absolute atomic E-state index is 0.198. The molecule has 3 fully saturated rings. The minimum atomic E-state index is 0.198. The molecule has 4 heterocycles. The van der Waals surface area contributed by atoms with Gasteiger partial charge in [0, 0.05) is 50.8 Å². The van der Waals surface area contributed by atoms with Gasteiger partial charge < -0.3 is 14.5 Å². The van der Waals surface area contributed by atoms with Crippen LogP contribution in [-0.4, -0.2) is 58.5 Å². The maximum Gasteiger partial charge on any atom is 0.227 e. The van der Waals surface area contributed by atoms with Crippen LogP contribution < -0.4 is 9.64 Å². The number of anilines is 1. The summed E-state index contributed by atoms with van der Waals surface area (Å²) in [6.45, 7) is 6.77. The second kappa shape index (κ2) is 10.1. The fourth-order valence-electron chi connectivity index (χ4n) is 5.17. The Hall–Kier alpha value is -2.70. The topological polar surface area (TPSA) is 71.5 Å². The lowest BCUT2D eigenvalue weighted by atomic mass is 9.90. The first-order valence-electron chi connectivity index (χ1n) is 12.6. The number of carbonyl (C=O) groups excluding carboxylic acids is 1. The second-order valence-corrected chi connectivity index (χ2v) is 9.78. The van der Waals surface area contributed by atoms with Gasteiger partial charge in [-0.3, -0.25) is 4.79 Å². The molecule has 2 aliphatic heterocycles. The Bertz CT molecular complexity index is 921. The maximum absolute atomic E-state index is 12.1. The average Bonchev–Trinajstić information content (AvgIpc) is 3.59. The summed E-state index contributed by atoms with van der Waals surface area (Å²) in [6.07, 6.45) is 13.1. The Morgan fingerprint density at radius 1 is 1.03 bits per heavy atom. The minimum Gasteiger partial charge on any atom is -0.478 e. The molecular formula is C26H35N5O2. The molecule has 3 aliphatic rings. The van der Waals surface area contributed by atoms with Crippen molar-refractivity contribution in [3.05, 3.63) is 41.9 Å². The number of aromatic nitrogens is 3. The van der Waals surface area contributed by atoms with E-state index in [2.05, 4.69) is 26.8 Å². The third-order valence-electron chi connectivity index (χ3n) is 7.61. The number of amides is 1. The molecule has 0 radical (unpaired) electrons. The van der Waals surface area contributed by atoms with E-state index in [0.29, 0.717) is 12.3 Å². The average molecular weight is 450 g/mol. The van der Waals surface area contributed by atoms with E-state index in [1.165, 1.54) is 24.8 Å². The fourth-order valence-corrected chi connectivity index (χ4v) is 5.17. The van der Waals surface area contributed by atoms with Crippen molar-refractivity contribution in [1.29, 1.82) is 0 Å². The highest BCUT2D eigenvalue weighted by Crippen LogP contribution is 2.49. The molecule has 33 heavy (non-hydrogen) atoms. The first-order chi connectivity index (χ1) is 16.2. The molecule has 0 bridgehead atoms. The van der Waals surface area contributed by atoms with Crippen LogP contribution in [-0.2, 0) is 17.6 Å². The molecule has 1 aliphatic carbocycles. The van der Waals surface area contributed by atoms with Gasteiger partial charge in [-0.1, -0.05) is 13.0 Å². The summed E-state index contributed by atoms with van der Waals surface area (Å²) in [5.74, 6) is 4.20. The highest BCUT2D eigenvalue weighted by Gasteiger charge is 2.43. The zero-order valence-corrected chi connectivity index (χ0v) is 19.7. The van der Waals surface area contributed by atoms with E-state index in [1.54, 1.807) is 6.20 Å². The number of likely N-dealkylation sites (tertiary alicyclic amines) is 1. The van der Waals surface area contributed by atoms with Crippen molar-refractivity contribution in [3.63, 3.8) is 0 Å². The van der Waals surface area contributed by atoms with E-state index in [-0.39, 0.29) is 5.91 Å². The molecule has 2 saturated heterocycles. The number of hydrogen-bond acceptors (Lipinski definition) is 6. The van der Waals surface area contributed by atoms with Crippen molar-refractivity contribution in [2.24, 2.45) is 17.8 Å². The number of nitrogens with zero attached hydrogens (tertiary/aromatic N) is 5. The summed E-state index contributed by atoms with van der Waals surface area (Å²) in [5, 5.41) is 0. The molecule has 7 heteroatoms. The predicted octanol–water partition coefficient (Wildman–Crippen LogP) is 3.53. The molecule has 2 atom stereocenters. The lowest BCUT2D eigenvalue weighted by Crippen LogP contribution is -2.42. The summed E-state index contributed by atoms with van der Waals surface area (Å²) in [6, 6.07) is 3.86. The van der Waals surface area contributed by atoms with Crippen LogP contribution >= 0.6 is 0 Å². The molecule has 5 rings (SSSR count). The van der Waals surface area contributed by atoms with Crippen LogP contribution in [0.25, 0.3) is 0 Å². The summed E-state index contributed by atoms with van der Waals surface area (Å²) in [4.78, 5) is 29.8. The van der Waals surface area contributed by atoms with Crippen molar-refractivity contribution in [2.75, 3.05) is 37.7 Å². The van der Waals surface area contributed by atoms with E-state index in [9.17, 15) is 4.79 Å². The smallest absolute Gasteiger partial charge is 0.227 e. The number of piperidine rings is 1. The molecule has 1 saturated carbocycles. The Balaban J connectivity index is 0.994. The normalized spacial score (nSPS) is 22.7. The molecule has 176 valence electrons. The number of pyridine rings is 1. The lowest BCUT2D eigenvalue weighted by Gasteiger charge is -2.32. The second-order valence-electron chi connectivity index (χ2n) is 9.78. The highest BCUT2D eigenvalue weighted by atomic mass is 16.5. The molecule has 7 nitrogen and oxygen atoms in total. The summed E-state index contributed by atoms with van der Waals surface area (Å²) >= 11 is 0. The van der Waals surface area contributed by atoms with Crippen molar-refractivity contribution >= 4 is 11.9 Å². The van der Waals surface area contributed by atoms with Gasteiger partial charge in [-0.15, -0.1) is 0 Å². The summed E-state index contributed by atoms with van der Waals surface area (Å²) in [7, 11) is 0. The molecule has 1 amide bonds. The van der Waals surface area contributed by atoms with E-state index in [1.807, 2.05) is 29.4 Å². The van der Waals surface area contributed by atoms with Crippen LogP contribution in [0.4, 0.5) is 5.95 Å². The highest BCUT2D eigenvalue weighted by molar-refractivity contribution is 5.79. The van der Waals surface area contributed by atoms with Crippen LogP contribution in [0.5, 0.6) is 5.88 Å². The third-order valence-corrected chi connectivity index (χ3v) is 7.61. The Labute approximate surface area is 196 Å². The standard InChI is InChI=1S/C26H35N5O2/c1-2-19-16-28-26(29-17-19)31-11-6-21(7-12-31)23-15-22(23)8-13-33-24-5-4-20(18-27-24)14-25(32)30-9-3-10-30/h4-5,16-18,21-23H,2-3,6-15H2,1H3/t22-,23+/m0/s1. The number of aryl methyl sites for hydroxylation is 1. The summed E-state index contributed by atoms with van der Waals surface area (Å²) in [5.41, 5.74) is 2.15. The quantitative estimate of drug-likeness (QED) is 0.583. The van der Waals surface area contributed by atoms with Crippen molar-refractivity contribution in [1.82, 2.24) is 19.9 Å². The summed E-state index contributed by atoms with van der Waals surface area (Å²) < 4.78 is 5.89. The number of ether oxygens (including phenoxy) is 1. The van der Waals surface area contributed by atoms with Gasteiger partial charge in [0.2, 0.25) is 17.7 Å². The Kier molecular flexibility index (Phi) is 6.74. The van der Waals surface area contributed by atoms with Crippen molar-refractivity contribution in [3.8, 4) is 5.88 Å². The van der Waals surface area contributed by atoms with Crippen molar-refractivity contribution < 1.29 is 9.53 Å². The third kappa shape index (κ3) is 5.45. The number of carbonyl (C=O) groups is 1. The Morgan fingerprint density at radius 2 is 1.79 bits per heavy atom. The van der Waals surface area contributed by atoms with Crippen LogP contribution in [0.15, 0.2) is 30.7 Å². The van der Waals surface area contributed by atoms with Crippen molar-refractivity contribution in [2.45, 2.75) is 51.9 Å².